The summed E-state index contributed by atoms with van der Waals surface area (Å²) in [5, 5.41) is 0. The minimum Gasteiger partial charge on any atom is -0.342 e. The lowest BCUT2D eigenvalue weighted by Crippen LogP contribution is -2.29. The van der Waals surface area contributed by atoms with Crippen molar-refractivity contribution in [1.29, 1.82) is 0 Å². The van der Waals surface area contributed by atoms with Gasteiger partial charge in [-0.1, -0.05) is 13.0 Å². The predicted octanol–water partition coefficient (Wildman–Crippen LogP) is 2.45. The first kappa shape index (κ1) is 11.6. The summed E-state index contributed by atoms with van der Waals surface area (Å²) in [5.74, 6) is -2.25. The summed E-state index contributed by atoms with van der Waals surface area (Å²) in [7, 11) is 1.53. The number of hydrogen-bond acceptors (Lipinski definition) is 1. The normalized spacial score (nSPS) is 10.1. The van der Waals surface area contributed by atoms with Crippen LogP contribution in [0.1, 0.15) is 23.7 Å². The summed E-state index contributed by atoms with van der Waals surface area (Å²) in [6.07, 6.45) is 0.748. The third-order valence-corrected chi connectivity index (χ3v) is 2.08. The molecule has 1 amide bonds. The van der Waals surface area contributed by atoms with Crippen LogP contribution in [0.15, 0.2) is 18.2 Å². The zero-order chi connectivity index (χ0) is 11.4. The number of nitrogens with zero attached hydrogens (tertiary/aromatic N) is 1. The third-order valence-electron chi connectivity index (χ3n) is 2.08. The lowest BCUT2D eigenvalue weighted by Gasteiger charge is -2.16. The van der Waals surface area contributed by atoms with E-state index in [-0.39, 0.29) is 0 Å². The van der Waals surface area contributed by atoms with Gasteiger partial charge in [0.05, 0.1) is 0 Å². The van der Waals surface area contributed by atoms with E-state index in [2.05, 4.69) is 0 Å². The Balaban J connectivity index is 3.00. The van der Waals surface area contributed by atoms with Crippen molar-refractivity contribution in [2.24, 2.45) is 0 Å². The Morgan fingerprint density at radius 2 is 1.87 bits per heavy atom. The number of carbonyl (C=O) groups excluding carboxylic acids is 1. The Morgan fingerprint density at radius 1 is 1.33 bits per heavy atom. The van der Waals surface area contributed by atoms with Crippen LogP contribution in [0.3, 0.4) is 0 Å². The monoisotopic (exact) mass is 213 g/mol. The second kappa shape index (κ2) is 4.87. The maximum atomic E-state index is 13.2. The molecule has 15 heavy (non-hydrogen) atoms. The fourth-order valence-electron chi connectivity index (χ4n) is 1.33. The van der Waals surface area contributed by atoms with E-state index >= 15 is 0 Å². The largest absolute Gasteiger partial charge is 0.342 e. The van der Waals surface area contributed by atoms with Crippen molar-refractivity contribution in [2.45, 2.75) is 13.3 Å². The molecule has 0 spiro atoms. The van der Waals surface area contributed by atoms with Crippen LogP contribution in [0.25, 0.3) is 0 Å². The lowest BCUT2D eigenvalue weighted by atomic mass is 10.1. The van der Waals surface area contributed by atoms with Gasteiger partial charge in [0, 0.05) is 13.6 Å². The third kappa shape index (κ3) is 2.52. The van der Waals surface area contributed by atoms with Crippen molar-refractivity contribution < 1.29 is 13.6 Å². The minimum absolute atomic E-state index is 0.478. The molecule has 0 bridgehead atoms. The Labute approximate surface area is 87.5 Å². The summed E-state index contributed by atoms with van der Waals surface area (Å²) >= 11 is 0. The number of rotatable bonds is 3. The van der Waals surface area contributed by atoms with Crippen LogP contribution in [-0.4, -0.2) is 24.4 Å². The molecule has 0 saturated heterocycles. The van der Waals surface area contributed by atoms with Crippen LogP contribution in [0.4, 0.5) is 8.78 Å². The van der Waals surface area contributed by atoms with Crippen molar-refractivity contribution in [3.05, 3.63) is 35.4 Å². The molecule has 1 aromatic rings. The molecule has 0 aliphatic rings. The Morgan fingerprint density at radius 3 is 2.33 bits per heavy atom. The molecule has 0 radical (unpaired) electrons. The molecule has 0 aromatic heterocycles. The molecule has 0 fully saturated rings. The fraction of sp³-hybridized carbons (Fsp3) is 0.364. The summed E-state index contributed by atoms with van der Waals surface area (Å²) in [5.41, 5.74) is -0.478. The SMILES string of the molecule is CCCN(C)C(=O)c1c(F)cccc1F. The standard InChI is InChI=1S/C11H13F2NO/c1-3-7-14(2)11(15)10-8(12)5-4-6-9(10)13/h4-6H,3,7H2,1-2H3. The summed E-state index contributed by atoms with van der Waals surface area (Å²) in [6.45, 7) is 2.37. The van der Waals surface area contributed by atoms with E-state index in [4.69, 9.17) is 0 Å². The van der Waals surface area contributed by atoms with Gasteiger partial charge in [0.1, 0.15) is 17.2 Å². The van der Waals surface area contributed by atoms with Gasteiger partial charge in [-0.25, -0.2) is 8.78 Å². The van der Waals surface area contributed by atoms with Gasteiger partial charge in [0.2, 0.25) is 0 Å². The second-order valence-electron chi connectivity index (χ2n) is 3.32. The van der Waals surface area contributed by atoms with Crippen LogP contribution in [-0.2, 0) is 0 Å². The number of amides is 1. The molecular weight excluding hydrogens is 200 g/mol. The van der Waals surface area contributed by atoms with Gasteiger partial charge < -0.3 is 4.90 Å². The summed E-state index contributed by atoms with van der Waals surface area (Å²) in [4.78, 5) is 12.9. The van der Waals surface area contributed by atoms with Gasteiger partial charge in [0.15, 0.2) is 0 Å². The van der Waals surface area contributed by atoms with Crippen molar-refractivity contribution in [1.82, 2.24) is 4.90 Å². The molecular formula is C11H13F2NO. The van der Waals surface area contributed by atoms with Crippen LogP contribution in [0.5, 0.6) is 0 Å². The molecule has 4 heteroatoms. The topological polar surface area (TPSA) is 20.3 Å². The van der Waals surface area contributed by atoms with Crippen LogP contribution in [0, 0.1) is 11.6 Å². The lowest BCUT2D eigenvalue weighted by molar-refractivity contribution is 0.0785. The molecule has 0 aliphatic heterocycles. The first-order chi connectivity index (χ1) is 7.07. The van der Waals surface area contributed by atoms with E-state index in [1.165, 1.54) is 18.0 Å². The zero-order valence-electron chi connectivity index (χ0n) is 8.76. The number of benzene rings is 1. The smallest absolute Gasteiger partial charge is 0.259 e. The van der Waals surface area contributed by atoms with E-state index < -0.39 is 23.1 Å². The predicted molar refractivity (Wildman–Crippen MR) is 53.6 cm³/mol. The number of halogens is 2. The average molecular weight is 213 g/mol. The first-order valence-corrected chi connectivity index (χ1v) is 4.77. The summed E-state index contributed by atoms with van der Waals surface area (Å²) in [6, 6.07) is 3.40. The molecule has 1 aromatic carbocycles. The van der Waals surface area contributed by atoms with Crippen molar-refractivity contribution in [3.8, 4) is 0 Å². The molecule has 0 N–H and O–H groups in total. The Kier molecular flexibility index (Phi) is 3.77. The first-order valence-electron chi connectivity index (χ1n) is 4.77. The highest BCUT2D eigenvalue weighted by Crippen LogP contribution is 2.14. The van der Waals surface area contributed by atoms with Crippen LogP contribution in [0.2, 0.25) is 0 Å². The van der Waals surface area contributed by atoms with Gasteiger partial charge in [-0.2, -0.15) is 0 Å². The molecule has 0 unspecified atom stereocenters. The average Bonchev–Trinajstić information content (AvgIpc) is 2.17. The Hall–Kier alpha value is -1.45. The van der Waals surface area contributed by atoms with Crippen molar-refractivity contribution in [3.63, 3.8) is 0 Å². The van der Waals surface area contributed by atoms with Crippen LogP contribution < -0.4 is 0 Å². The molecule has 0 saturated carbocycles. The maximum Gasteiger partial charge on any atom is 0.259 e. The van der Waals surface area contributed by atoms with Crippen molar-refractivity contribution >= 4 is 5.91 Å². The second-order valence-corrected chi connectivity index (χ2v) is 3.32. The quantitative estimate of drug-likeness (QED) is 0.755. The maximum absolute atomic E-state index is 13.2. The van der Waals surface area contributed by atoms with Gasteiger partial charge in [-0.15, -0.1) is 0 Å². The molecule has 2 nitrogen and oxygen atoms in total. The van der Waals surface area contributed by atoms with E-state index in [1.54, 1.807) is 0 Å². The van der Waals surface area contributed by atoms with Gasteiger partial charge in [0.25, 0.3) is 5.91 Å². The zero-order valence-corrected chi connectivity index (χ0v) is 8.76. The van der Waals surface area contributed by atoms with Crippen LogP contribution >= 0.6 is 0 Å². The molecule has 0 atom stereocenters. The highest BCUT2D eigenvalue weighted by molar-refractivity contribution is 5.94. The Bertz CT molecular complexity index is 345. The molecule has 0 heterocycles. The van der Waals surface area contributed by atoms with Gasteiger partial charge in [-0.05, 0) is 18.6 Å². The molecule has 0 aliphatic carbocycles. The summed E-state index contributed by atoms with van der Waals surface area (Å²) < 4.78 is 26.4. The van der Waals surface area contributed by atoms with Gasteiger partial charge in [-0.3, -0.25) is 4.79 Å². The fourth-order valence-corrected chi connectivity index (χ4v) is 1.33. The van der Waals surface area contributed by atoms with Gasteiger partial charge >= 0.3 is 0 Å². The highest BCUT2D eigenvalue weighted by Gasteiger charge is 2.19. The van der Waals surface area contributed by atoms with E-state index in [0.29, 0.717) is 6.54 Å². The van der Waals surface area contributed by atoms with E-state index in [9.17, 15) is 13.6 Å². The molecule has 82 valence electrons. The number of hydrogen-bond donors (Lipinski definition) is 0. The van der Waals surface area contributed by atoms with E-state index in [1.807, 2.05) is 6.92 Å². The molecule has 1 rings (SSSR count). The van der Waals surface area contributed by atoms with E-state index in [0.717, 1.165) is 18.6 Å². The number of carbonyl (C=O) groups is 1. The highest BCUT2D eigenvalue weighted by atomic mass is 19.1. The minimum atomic E-state index is -0.817. The van der Waals surface area contributed by atoms with Crippen molar-refractivity contribution in [2.75, 3.05) is 13.6 Å².